The van der Waals surface area contributed by atoms with E-state index in [0.29, 0.717) is 27.6 Å². The Kier molecular flexibility index (Phi) is 5.15. The molecule has 1 atom stereocenters. The van der Waals surface area contributed by atoms with Crippen molar-refractivity contribution in [3.8, 4) is 0 Å². The van der Waals surface area contributed by atoms with Crippen molar-refractivity contribution in [2.45, 2.75) is 4.87 Å². The van der Waals surface area contributed by atoms with Crippen molar-refractivity contribution in [2.24, 2.45) is 0 Å². The first-order valence-electron chi connectivity index (χ1n) is 9.99. The van der Waals surface area contributed by atoms with Crippen molar-refractivity contribution in [3.05, 3.63) is 89.4 Å². The van der Waals surface area contributed by atoms with Crippen molar-refractivity contribution in [1.82, 2.24) is 0 Å². The molecule has 1 spiro atoms. The van der Waals surface area contributed by atoms with E-state index in [-0.39, 0.29) is 30.0 Å². The van der Waals surface area contributed by atoms with Gasteiger partial charge in [-0.05, 0) is 42.5 Å². The predicted octanol–water partition coefficient (Wildman–Crippen LogP) is 4.26. The molecule has 0 aliphatic carbocycles. The molecule has 1 fully saturated rings. The maximum Gasteiger partial charge on any atom is 0.269 e. The van der Waals surface area contributed by atoms with E-state index in [0.717, 1.165) is 0 Å². The first-order valence-corrected chi connectivity index (χ1v) is 11.4. The third-order valence-corrected chi connectivity index (χ3v) is 7.15. The molecule has 2 aliphatic heterocycles. The highest BCUT2D eigenvalue weighted by molar-refractivity contribution is 8.02. The van der Waals surface area contributed by atoms with Gasteiger partial charge in [-0.1, -0.05) is 48.0 Å². The third-order valence-electron chi connectivity index (χ3n) is 5.51. The van der Waals surface area contributed by atoms with E-state index in [2.05, 4.69) is 5.32 Å². The molecule has 3 amide bonds. The summed E-state index contributed by atoms with van der Waals surface area (Å²) >= 11 is 7.20. The van der Waals surface area contributed by atoms with Crippen LogP contribution in [0.5, 0.6) is 0 Å². The quantitative estimate of drug-likeness (QED) is 0.627. The molecule has 3 aromatic carbocycles. The van der Waals surface area contributed by atoms with Crippen molar-refractivity contribution < 1.29 is 14.4 Å². The number of rotatable bonds is 4. The number of halogens is 1. The molecule has 0 bridgehead atoms. The van der Waals surface area contributed by atoms with Gasteiger partial charge in [-0.15, -0.1) is 11.8 Å². The summed E-state index contributed by atoms with van der Waals surface area (Å²) in [7, 11) is 0. The fourth-order valence-corrected chi connectivity index (χ4v) is 5.65. The van der Waals surface area contributed by atoms with Crippen LogP contribution in [0.3, 0.4) is 0 Å². The molecule has 0 unspecified atom stereocenters. The van der Waals surface area contributed by atoms with Gasteiger partial charge in [0, 0.05) is 22.0 Å². The van der Waals surface area contributed by atoms with Crippen LogP contribution in [0.1, 0.15) is 5.56 Å². The number of nitrogens with zero attached hydrogens (tertiary/aromatic N) is 2. The molecule has 3 aromatic rings. The summed E-state index contributed by atoms with van der Waals surface area (Å²) < 4.78 is 0. The highest BCUT2D eigenvalue weighted by Crippen LogP contribution is 2.55. The number of carbonyl (C=O) groups excluding carboxylic acids is 3. The van der Waals surface area contributed by atoms with Gasteiger partial charge in [-0.2, -0.15) is 0 Å². The van der Waals surface area contributed by atoms with Crippen LogP contribution in [0.25, 0.3) is 0 Å². The molecule has 5 rings (SSSR count). The van der Waals surface area contributed by atoms with E-state index in [4.69, 9.17) is 11.6 Å². The molecule has 0 saturated carbocycles. The zero-order valence-electron chi connectivity index (χ0n) is 16.8. The lowest BCUT2D eigenvalue weighted by Crippen LogP contribution is -2.50. The molecule has 0 aromatic heterocycles. The Morgan fingerprint density at radius 3 is 2.41 bits per heavy atom. The summed E-state index contributed by atoms with van der Waals surface area (Å²) in [5.41, 5.74) is 2.58. The molecule has 32 heavy (non-hydrogen) atoms. The Morgan fingerprint density at radius 1 is 0.969 bits per heavy atom. The summed E-state index contributed by atoms with van der Waals surface area (Å²) in [6, 6.07) is 23.3. The first kappa shape index (κ1) is 20.6. The minimum absolute atomic E-state index is 0.142. The summed E-state index contributed by atoms with van der Waals surface area (Å²) in [6.07, 6.45) is 0. The fraction of sp³-hybridized carbons (Fsp3) is 0.125. The average Bonchev–Trinajstić information content (AvgIpc) is 3.27. The molecule has 0 radical (unpaired) electrons. The summed E-state index contributed by atoms with van der Waals surface area (Å²) in [6.45, 7) is -0.169. The van der Waals surface area contributed by atoms with E-state index in [1.807, 2.05) is 54.6 Å². The van der Waals surface area contributed by atoms with E-state index < -0.39 is 4.87 Å². The molecule has 1 N–H and O–H groups in total. The molecule has 2 heterocycles. The van der Waals surface area contributed by atoms with Crippen LogP contribution >= 0.6 is 23.4 Å². The van der Waals surface area contributed by atoms with Gasteiger partial charge in [0.15, 0.2) is 0 Å². The number of hydrogen-bond acceptors (Lipinski definition) is 4. The summed E-state index contributed by atoms with van der Waals surface area (Å²) in [5.74, 6) is -0.602. The van der Waals surface area contributed by atoms with Crippen LogP contribution in [-0.2, 0) is 19.3 Å². The maximum atomic E-state index is 13.9. The van der Waals surface area contributed by atoms with Crippen molar-refractivity contribution in [3.63, 3.8) is 0 Å². The zero-order chi connectivity index (χ0) is 22.3. The number of fused-ring (bicyclic) bond motifs is 2. The van der Waals surface area contributed by atoms with Gasteiger partial charge < -0.3 is 5.32 Å². The van der Waals surface area contributed by atoms with Gasteiger partial charge >= 0.3 is 0 Å². The smallest absolute Gasteiger partial charge is 0.269 e. The van der Waals surface area contributed by atoms with Gasteiger partial charge in [0.1, 0.15) is 6.54 Å². The molecular weight excluding hydrogens is 446 g/mol. The topological polar surface area (TPSA) is 69.7 Å². The Balaban J connectivity index is 1.50. The lowest BCUT2D eigenvalue weighted by Gasteiger charge is -2.33. The highest BCUT2D eigenvalue weighted by atomic mass is 35.5. The second-order valence-corrected chi connectivity index (χ2v) is 9.07. The van der Waals surface area contributed by atoms with Gasteiger partial charge in [0.05, 0.1) is 11.4 Å². The van der Waals surface area contributed by atoms with E-state index in [9.17, 15) is 14.4 Å². The Bertz CT molecular complexity index is 1220. The van der Waals surface area contributed by atoms with Crippen LogP contribution in [0.15, 0.2) is 78.9 Å². The second kappa shape index (κ2) is 8.00. The molecule has 160 valence electrons. The highest BCUT2D eigenvalue weighted by Gasteiger charge is 2.61. The monoisotopic (exact) mass is 463 g/mol. The normalized spacial score (nSPS) is 19.5. The Hall–Kier alpha value is -3.29. The molecule has 1 saturated heterocycles. The van der Waals surface area contributed by atoms with E-state index in [1.165, 1.54) is 16.7 Å². The molecule has 8 heteroatoms. The minimum atomic E-state index is -1.23. The van der Waals surface area contributed by atoms with Crippen LogP contribution in [0.4, 0.5) is 17.1 Å². The largest absolute Gasteiger partial charge is 0.325 e. The van der Waals surface area contributed by atoms with E-state index in [1.54, 1.807) is 29.2 Å². The lowest BCUT2D eigenvalue weighted by molar-refractivity contribution is -0.124. The number of benzene rings is 3. The van der Waals surface area contributed by atoms with Gasteiger partial charge in [0.25, 0.3) is 5.91 Å². The number of para-hydroxylation sites is 2. The maximum absolute atomic E-state index is 13.9. The fourth-order valence-electron chi connectivity index (χ4n) is 4.17. The van der Waals surface area contributed by atoms with Crippen molar-refractivity contribution in [1.29, 1.82) is 0 Å². The van der Waals surface area contributed by atoms with Gasteiger partial charge in [-0.3, -0.25) is 24.2 Å². The molecular formula is C24H18ClN3O3S. The van der Waals surface area contributed by atoms with Crippen LogP contribution in [-0.4, -0.2) is 30.0 Å². The first-order chi connectivity index (χ1) is 15.5. The number of anilines is 3. The summed E-state index contributed by atoms with van der Waals surface area (Å²) in [5, 5.41) is 3.37. The number of nitrogens with one attached hydrogen (secondary N) is 1. The number of thioether (sulfide) groups is 1. The number of carbonyl (C=O) groups is 3. The van der Waals surface area contributed by atoms with Crippen LogP contribution in [0, 0.1) is 0 Å². The van der Waals surface area contributed by atoms with Gasteiger partial charge in [0.2, 0.25) is 16.7 Å². The van der Waals surface area contributed by atoms with Crippen molar-refractivity contribution in [2.75, 3.05) is 27.4 Å². The predicted molar refractivity (Wildman–Crippen MR) is 127 cm³/mol. The lowest BCUT2D eigenvalue weighted by atomic mass is 10.0. The van der Waals surface area contributed by atoms with Crippen LogP contribution < -0.4 is 15.1 Å². The van der Waals surface area contributed by atoms with Crippen LogP contribution in [0.2, 0.25) is 5.02 Å². The minimum Gasteiger partial charge on any atom is -0.325 e. The molecule has 6 nitrogen and oxygen atoms in total. The SMILES string of the molecule is O=C(CN1C(=O)[C@@]2(SCC(=O)N2c2ccccc2)c2ccccc21)Nc1ccc(Cl)cc1. The Morgan fingerprint density at radius 2 is 1.66 bits per heavy atom. The average molecular weight is 464 g/mol. The molecule has 2 aliphatic rings. The number of amides is 3. The van der Waals surface area contributed by atoms with E-state index >= 15 is 0 Å². The number of hydrogen-bond donors (Lipinski definition) is 1. The van der Waals surface area contributed by atoms with Crippen molar-refractivity contribution >= 4 is 58.1 Å². The second-order valence-electron chi connectivity index (χ2n) is 7.46. The third kappa shape index (κ3) is 3.25. The Labute approximate surface area is 194 Å². The van der Waals surface area contributed by atoms with Gasteiger partial charge in [-0.25, -0.2) is 0 Å². The summed E-state index contributed by atoms with van der Waals surface area (Å²) in [4.78, 5) is 41.4. The standard InChI is InChI=1S/C24H18ClN3O3S/c25-16-10-12-17(13-11-16)26-21(29)14-27-20-9-5-4-8-19(20)24(23(27)31)28(22(30)15-32-24)18-6-2-1-3-7-18/h1-13H,14-15H2,(H,26,29)/t24-/m0/s1. The zero-order valence-corrected chi connectivity index (χ0v) is 18.4.